The number of methoxy groups -OCH3 is 3. The fourth-order valence-corrected chi connectivity index (χ4v) is 1.84. The summed E-state index contributed by atoms with van der Waals surface area (Å²) in [5.74, 6) is 0.313. The predicted octanol–water partition coefficient (Wildman–Crippen LogP) is 2.26. The lowest BCUT2D eigenvalue weighted by molar-refractivity contribution is -0.142. The first-order valence-electron chi connectivity index (χ1n) is 5.84. The number of benzene rings is 1. The van der Waals surface area contributed by atoms with E-state index >= 15 is 0 Å². The highest BCUT2D eigenvalue weighted by atomic mass is 16.5. The molecule has 0 N–H and O–H groups in total. The number of ether oxygens (including phenoxy) is 3. The third-order valence-corrected chi connectivity index (χ3v) is 2.84. The highest BCUT2D eigenvalue weighted by molar-refractivity contribution is 5.78. The number of rotatable bonds is 6. The average Bonchev–Trinajstić information content (AvgIpc) is 2.46. The molecule has 0 aliphatic carbocycles. The number of hydrogen-bond donors (Lipinski definition) is 0. The molecule has 1 atom stereocenters. The fourth-order valence-electron chi connectivity index (χ4n) is 1.84. The van der Waals surface area contributed by atoms with Crippen molar-refractivity contribution in [2.75, 3.05) is 21.3 Å². The molecule has 0 amide bonds. The first-order valence-corrected chi connectivity index (χ1v) is 5.84. The SMILES string of the molecule is COC(=O)C(CCC#N)c1ccc(OC)c(OC)c1. The quantitative estimate of drug-likeness (QED) is 0.736. The third-order valence-electron chi connectivity index (χ3n) is 2.84. The molecule has 5 heteroatoms. The van der Waals surface area contributed by atoms with Crippen LogP contribution in [0.4, 0.5) is 0 Å². The number of nitriles is 1. The largest absolute Gasteiger partial charge is 0.493 e. The van der Waals surface area contributed by atoms with Gasteiger partial charge in [0.1, 0.15) is 0 Å². The third kappa shape index (κ3) is 3.62. The van der Waals surface area contributed by atoms with Crippen molar-refractivity contribution in [1.82, 2.24) is 0 Å². The summed E-state index contributed by atoms with van der Waals surface area (Å²) in [6, 6.07) is 7.28. The van der Waals surface area contributed by atoms with E-state index in [2.05, 4.69) is 0 Å². The van der Waals surface area contributed by atoms with Crippen LogP contribution in [0.2, 0.25) is 0 Å². The molecule has 1 aromatic rings. The topological polar surface area (TPSA) is 68.6 Å². The Morgan fingerprint density at radius 3 is 2.47 bits per heavy atom. The second-order valence-electron chi connectivity index (χ2n) is 3.89. The van der Waals surface area contributed by atoms with E-state index in [-0.39, 0.29) is 12.4 Å². The zero-order valence-corrected chi connectivity index (χ0v) is 11.3. The van der Waals surface area contributed by atoms with Gasteiger partial charge >= 0.3 is 5.97 Å². The van der Waals surface area contributed by atoms with Crippen molar-refractivity contribution in [2.45, 2.75) is 18.8 Å². The van der Waals surface area contributed by atoms with E-state index in [0.29, 0.717) is 17.9 Å². The van der Waals surface area contributed by atoms with Crippen LogP contribution < -0.4 is 9.47 Å². The molecule has 19 heavy (non-hydrogen) atoms. The van der Waals surface area contributed by atoms with Gasteiger partial charge < -0.3 is 14.2 Å². The van der Waals surface area contributed by atoms with Crippen LogP contribution in [-0.2, 0) is 9.53 Å². The molecule has 5 nitrogen and oxygen atoms in total. The van der Waals surface area contributed by atoms with E-state index < -0.39 is 5.92 Å². The van der Waals surface area contributed by atoms with Crippen LogP contribution in [0.15, 0.2) is 18.2 Å². The zero-order chi connectivity index (χ0) is 14.3. The smallest absolute Gasteiger partial charge is 0.313 e. The molecule has 0 saturated carbocycles. The Morgan fingerprint density at radius 2 is 1.95 bits per heavy atom. The number of nitrogens with zero attached hydrogens (tertiary/aromatic N) is 1. The average molecular weight is 263 g/mol. The molecule has 0 radical (unpaired) electrons. The van der Waals surface area contributed by atoms with E-state index in [1.54, 1.807) is 25.3 Å². The van der Waals surface area contributed by atoms with E-state index in [9.17, 15) is 4.79 Å². The fraction of sp³-hybridized carbons (Fsp3) is 0.429. The molecule has 0 aliphatic heterocycles. The highest BCUT2D eigenvalue weighted by Gasteiger charge is 2.22. The predicted molar refractivity (Wildman–Crippen MR) is 69.2 cm³/mol. The maximum absolute atomic E-state index is 11.8. The highest BCUT2D eigenvalue weighted by Crippen LogP contribution is 2.32. The Hall–Kier alpha value is -2.22. The Balaban J connectivity index is 3.08. The summed E-state index contributed by atoms with van der Waals surface area (Å²) in [6.07, 6.45) is 0.701. The number of carbonyl (C=O) groups excluding carboxylic acids is 1. The minimum Gasteiger partial charge on any atom is -0.493 e. The van der Waals surface area contributed by atoms with Crippen molar-refractivity contribution in [2.24, 2.45) is 0 Å². The van der Waals surface area contributed by atoms with Crippen molar-refractivity contribution in [3.8, 4) is 17.6 Å². The van der Waals surface area contributed by atoms with Gasteiger partial charge in [0, 0.05) is 6.42 Å². The van der Waals surface area contributed by atoms with Gasteiger partial charge in [-0.25, -0.2) is 0 Å². The summed E-state index contributed by atoms with van der Waals surface area (Å²) < 4.78 is 15.1. The second kappa shape index (κ2) is 7.27. The van der Waals surface area contributed by atoms with Crippen LogP contribution in [0.1, 0.15) is 24.3 Å². The van der Waals surface area contributed by atoms with Gasteiger partial charge in [0.15, 0.2) is 11.5 Å². The molecule has 0 bridgehead atoms. The van der Waals surface area contributed by atoms with Gasteiger partial charge in [0.05, 0.1) is 33.3 Å². The summed E-state index contributed by atoms with van der Waals surface area (Å²) in [5.41, 5.74) is 0.750. The molecule has 0 fully saturated rings. The van der Waals surface area contributed by atoms with Crippen molar-refractivity contribution >= 4 is 5.97 Å². The van der Waals surface area contributed by atoms with E-state index in [0.717, 1.165) is 5.56 Å². The van der Waals surface area contributed by atoms with Gasteiger partial charge in [-0.05, 0) is 24.1 Å². The van der Waals surface area contributed by atoms with Crippen LogP contribution in [0.25, 0.3) is 0 Å². The number of hydrogen-bond acceptors (Lipinski definition) is 5. The molecular formula is C14H17NO4. The first-order chi connectivity index (χ1) is 9.17. The zero-order valence-electron chi connectivity index (χ0n) is 11.3. The normalized spacial score (nSPS) is 11.3. The molecule has 102 valence electrons. The van der Waals surface area contributed by atoms with Gasteiger partial charge in [0.2, 0.25) is 0 Å². The van der Waals surface area contributed by atoms with E-state index in [4.69, 9.17) is 19.5 Å². The van der Waals surface area contributed by atoms with E-state index in [1.165, 1.54) is 14.2 Å². The molecule has 0 saturated heterocycles. The summed E-state index contributed by atoms with van der Waals surface area (Å²) in [5, 5.41) is 8.65. The van der Waals surface area contributed by atoms with E-state index in [1.807, 2.05) is 6.07 Å². The maximum atomic E-state index is 11.8. The molecule has 0 aliphatic rings. The van der Waals surface area contributed by atoms with Gasteiger partial charge in [-0.1, -0.05) is 6.07 Å². The first kappa shape index (κ1) is 14.8. The van der Waals surface area contributed by atoms with Gasteiger partial charge in [-0.2, -0.15) is 5.26 Å². The minimum atomic E-state index is -0.468. The van der Waals surface area contributed by atoms with Crippen molar-refractivity contribution in [1.29, 1.82) is 5.26 Å². The number of esters is 1. The maximum Gasteiger partial charge on any atom is 0.313 e. The Labute approximate surface area is 112 Å². The summed E-state index contributed by atoms with van der Waals surface area (Å²) in [6.45, 7) is 0. The van der Waals surface area contributed by atoms with Crippen molar-refractivity contribution in [3.05, 3.63) is 23.8 Å². The summed E-state index contributed by atoms with van der Waals surface area (Å²) >= 11 is 0. The van der Waals surface area contributed by atoms with Crippen LogP contribution >= 0.6 is 0 Å². The van der Waals surface area contributed by atoms with Gasteiger partial charge in [-0.3, -0.25) is 4.79 Å². The lowest BCUT2D eigenvalue weighted by Crippen LogP contribution is -2.14. The lowest BCUT2D eigenvalue weighted by Gasteiger charge is -2.16. The van der Waals surface area contributed by atoms with Crippen LogP contribution in [-0.4, -0.2) is 27.3 Å². The number of carbonyl (C=O) groups is 1. The van der Waals surface area contributed by atoms with Crippen molar-refractivity contribution < 1.29 is 19.0 Å². The lowest BCUT2D eigenvalue weighted by atomic mass is 9.94. The molecule has 0 heterocycles. The molecule has 0 spiro atoms. The summed E-state index contributed by atoms with van der Waals surface area (Å²) in [7, 11) is 4.41. The van der Waals surface area contributed by atoms with Gasteiger partial charge in [0.25, 0.3) is 0 Å². The van der Waals surface area contributed by atoms with Crippen molar-refractivity contribution in [3.63, 3.8) is 0 Å². The summed E-state index contributed by atoms with van der Waals surface area (Å²) in [4.78, 5) is 11.8. The Morgan fingerprint density at radius 1 is 1.26 bits per heavy atom. The van der Waals surface area contributed by atoms with Gasteiger partial charge in [-0.15, -0.1) is 0 Å². The Bertz CT molecular complexity index is 479. The second-order valence-corrected chi connectivity index (χ2v) is 3.89. The standard InChI is InChI=1S/C14H17NO4/c1-17-12-7-6-10(9-13(12)18-2)11(5-4-8-15)14(16)19-3/h6-7,9,11H,4-5H2,1-3H3. The molecule has 1 aromatic carbocycles. The molecule has 1 rings (SSSR count). The Kier molecular flexibility index (Phi) is 5.68. The monoisotopic (exact) mass is 263 g/mol. The van der Waals surface area contributed by atoms with Crippen LogP contribution in [0.5, 0.6) is 11.5 Å². The molecule has 0 aromatic heterocycles. The van der Waals surface area contributed by atoms with Crippen LogP contribution in [0.3, 0.4) is 0 Å². The van der Waals surface area contributed by atoms with Crippen LogP contribution in [0, 0.1) is 11.3 Å². The minimum absolute atomic E-state index is 0.286. The molecular weight excluding hydrogens is 246 g/mol. The molecule has 1 unspecified atom stereocenters.